The Morgan fingerprint density at radius 2 is 1.89 bits per heavy atom. The standard InChI is InChI=1S/C15H24N2O2/c1-5-19-15(18)13-6-8-14(9-7-13)17-12(4)10(2)11(3)16-17/h13-14H,5-9H2,1-4H3. The molecule has 0 amide bonds. The van der Waals surface area contributed by atoms with E-state index in [1.165, 1.54) is 11.3 Å². The minimum Gasteiger partial charge on any atom is -0.466 e. The molecule has 0 N–H and O–H groups in total. The zero-order valence-electron chi connectivity index (χ0n) is 12.4. The van der Waals surface area contributed by atoms with E-state index < -0.39 is 0 Å². The largest absolute Gasteiger partial charge is 0.466 e. The lowest BCUT2D eigenvalue weighted by molar-refractivity contribution is -0.149. The quantitative estimate of drug-likeness (QED) is 0.788. The molecular formula is C15H24N2O2. The van der Waals surface area contributed by atoms with Crippen LogP contribution in [-0.4, -0.2) is 22.4 Å². The number of rotatable bonds is 3. The van der Waals surface area contributed by atoms with Gasteiger partial charge < -0.3 is 4.74 Å². The summed E-state index contributed by atoms with van der Waals surface area (Å²) in [5.41, 5.74) is 3.66. The minimum absolute atomic E-state index is 0.0227. The fourth-order valence-corrected chi connectivity index (χ4v) is 2.92. The summed E-state index contributed by atoms with van der Waals surface area (Å²) >= 11 is 0. The van der Waals surface area contributed by atoms with Crippen LogP contribution < -0.4 is 0 Å². The Morgan fingerprint density at radius 1 is 1.26 bits per heavy atom. The number of esters is 1. The lowest BCUT2D eigenvalue weighted by Gasteiger charge is -2.28. The van der Waals surface area contributed by atoms with Crippen LogP contribution in [0.4, 0.5) is 0 Å². The topological polar surface area (TPSA) is 44.1 Å². The predicted molar refractivity (Wildman–Crippen MR) is 74.1 cm³/mol. The molecule has 0 saturated heterocycles. The maximum Gasteiger partial charge on any atom is 0.308 e. The van der Waals surface area contributed by atoms with Crippen LogP contribution in [-0.2, 0) is 9.53 Å². The van der Waals surface area contributed by atoms with Crippen molar-refractivity contribution in [2.24, 2.45) is 5.92 Å². The molecular weight excluding hydrogens is 240 g/mol. The highest BCUT2D eigenvalue weighted by molar-refractivity contribution is 5.72. The third kappa shape index (κ3) is 2.82. The molecule has 0 unspecified atom stereocenters. The molecule has 19 heavy (non-hydrogen) atoms. The highest BCUT2D eigenvalue weighted by Gasteiger charge is 2.29. The fourth-order valence-electron chi connectivity index (χ4n) is 2.92. The summed E-state index contributed by atoms with van der Waals surface area (Å²) in [5, 5.41) is 4.64. The average molecular weight is 264 g/mol. The van der Waals surface area contributed by atoms with Crippen LogP contribution in [0.25, 0.3) is 0 Å². The molecule has 0 aliphatic heterocycles. The molecule has 4 heteroatoms. The minimum atomic E-state index is -0.0227. The first-order chi connectivity index (χ1) is 9.04. The molecule has 0 atom stereocenters. The van der Waals surface area contributed by atoms with E-state index in [4.69, 9.17) is 4.74 Å². The molecule has 1 aliphatic carbocycles. The number of hydrogen-bond acceptors (Lipinski definition) is 3. The molecule has 2 rings (SSSR count). The van der Waals surface area contributed by atoms with Gasteiger partial charge in [0.2, 0.25) is 0 Å². The second-order valence-corrected chi connectivity index (χ2v) is 5.50. The molecule has 0 spiro atoms. The van der Waals surface area contributed by atoms with Gasteiger partial charge >= 0.3 is 5.97 Å². The Labute approximate surface area is 115 Å². The Morgan fingerprint density at radius 3 is 2.37 bits per heavy atom. The highest BCUT2D eigenvalue weighted by Crippen LogP contribution is 2.34. The molecule has 1 heterocycles. The van der Waals surface area contributed by atoms with Crippen molar-refractivity contribution in [3.63, 3.8) is 0 Å². The molecule has 4 nitrogen and oxygen atoms in total. The first kappa shape index (κ1) is 14.1. The van der Waals surface area contributed by atoms with E-state index in [9.17, 15) is 4.79 Å². The fraction of sp³-hybridized carbons (Fsp3) is 0.733. The summed E-state index contributed by atoms with van der Waals surface area (Å²) in [7, 11) is 0. The third-order valence-electron chi connectivity index (χ3n) is 4.35. The van der Waals surface area contributed by atoms with Gasteiger partial charge in [-0.1, -0.05) is 0 Å². The van der Waals surface area contributed by atoms with Gasteiger partial charge in [-0.3, -0.25) is 9.48 Å². The summed E-state index contributed by atoms with van der Waals surface area (Å²) < 4.78 is 7.27. The van der Waals surface area contributed by atoms with Gasteiger partial charge in [-0.25, -0.2) is 0 Å². The lowest BCUT2D eigenvalue weighted by Crippen LogP contribution is -2.26. The molecule has 0 aromatic carbocycles. The molecule has 1 saturated carbocycles. The summed E-state index contributed by atoms with van der Waals surface area (Å²) in [6.07, 6.45) is 3.87. The molecule has 1 aromatic heterocycles. The maximum absolute atomic E-state index is 11.7. The van der Waals surface area contributed by atoms with E-state index in [2.05, 4.69) is 30.6 Å². The van der Waals surface area contributed by atoms with E-state index in [0.29, 0.717) is 12.6 Å². The van der Waals surface area contributed by atoms with Crippen LogP contribution >= 0.6 is 0 Å². The number of carbonyl (C=O) groups excluding carboxylic acids is 1. The first-order valence-electron chi connectivity index (χ1n) is 7.23. The van der Waals surface area contributed by atoms with Crippen molar-refractivity contribution in [3.8, 4) is 0 Å². The number of nitrogens with zero attached hydrogens (tertiary/aromatic N) is 2. The van der Waals surface area contributed by atoms with Crippen molar-refractivity contribution in [2.45, 2.75) is 59.4 Å². The Hall–Kier alpha value is -1.32. The summed E-state index contributed by atoms with van der Waals surface area (Å²) in [4.78, 5) is 11.7. The van der Waals surface area contributed by atoms with Crippen LogP contribution in [0.15, 0.2) is 0 Å². The Bertz CT molecular complexity index is 457. The second kappa shape index (κ2) is 5.76. The number of aryl methyl sites for hydroxylation is 1. The van der Waals surface area contributed by atoms with Crippen LogP contribution in [0.3, 0.4) is 0 Å². The lowest BCUT2D eigenvalue weighted by atomic mass is 9.86. The van der Waals surface area contributed by atoms with E-state index >= 15 is 0 Å². The number of aromatic nitrogens is 2. The van der Waals surface area contributed by atoms with Gasteiger partial charge in [0.1, 0.15) is 0 Å². The molecule has 1 aliphatic rings. The average Bonchev–Trinajstić information content (AvgIpc) is 2.67. The van der Waals surface area contributed by atoms with Gasteiger partial charge in [0.25, 0.3) is 0 Å². The van der Waals surface area contributed by atoms with Crippen molar-refractivity contribution in [1.82, 2.24) is 9.78 Å². The van der Waals surface area contributed by atoms with Crippen LogP contribution in [0.1, 0.15) is 55.6 Å². The highest BCUT2D eigenvalue weighted by atomic mass is 16.5. The Kier molecular flexibility index (Phi) is 4.27. The third-order valence-corrected chi connectivity index (χ3v) is 4.35. The number of carbonyl (C=O) groups is 1. The van der Waals surface area contributed by atoms with Gasteiger partial charge in [-0.15, -0.1) is 0 Å². The van der Waals surface area contributed by atoms with Gasteiger partial charge in [0, 0.05) is 5.69 Å². The van der Waals surface area contributed by atoms with E-state index in [1.54, 1.807) is 0 Å². The first-order valence-corrected chi connectivity index (χ1v) is 7.23. The summed E-state index contributed by atoms with van der Waals surface area (Å²) in [5.74, 6) is 0.0692. The second-order valence-electron chi connectivity index (χ2n) is 5.50. The van der Waals surface area contributed by atoms with Crippen molar-refractivity contribution < 1.29 is 9.53 Å². The van der Waals surface area contributed by atoms with Crippen LogP contribution in [0.5, 0.6) is 0 Å². The summed E-state index contributed by atoms with van der Waals surface area (Å²) in [6, 6.07) is 0.443. The zero-order chi connectivity index (χ0) is 14.0. The summed E-state index contributed by atoms with van der Waals surface area (Å²) in [6.45, 7) is 8.66. The van der Waals surface area contributed by atoms with Gasteiger partial charge in [-0.2, -0.15) is 5.10 Å². The smallest absolute Gasteiger partial charge is 0.308 e. The van der Waals surface area contributed by atoms with Gasteiger partial charge in [0.05, 0.1) is 24.3 Å². The monoisotopic (exact) mass is 264 g/mol. The van der Waals surface area contributed by atoms with E-state index in [1.807, 2.05) is 6.92 Å². The number of hydrogen-bond donors (Lipinski definition) is 0. The van der Waals surface area contributed by atoms with Crippen molar-refractivity contribution in [1.29, 1.82) is 0 Å². The maximum atomic E-state index is 11.7. The van der Waals surface area contributed by atoms with Gasteiger partial charge in [-0.05, 0) is 58.9 Å². The molecule has 1 aromatic rings. The molecule has 106 valence electrons. The zero-order valence-corrected chi connectivity index (χ0v) is 12.4. The molecule has 0 bridgehead atoms. The van der Waals surface area contributed by atoms with Crippen molar-refractivity contribution in [3.05, 3.63) is 17.0 Å². The normalized spacial score (nSPS) is 23.4. The van der Waals surface area contributed by atoms with Crippen LogP contribution in [0, 0.1) is 26.7 Å². The van der Waals surface area contributed by atoms with Crippen molar-refractivity contribution >= 4 is 5.97 Å². The Balaban J connectivity index is 2.00. The SMILES string of the molecule is CCOC(=O)C1CCC(n2nc(C)c(C)c2C)CC1. The predicted octanol–water partition coefficient (Wildman–Crippen LogP) is 3.10. The number of ether oxygens (including phenoxy) is 1. The van der Waals surface area contributed by atoms with E-state index in [-0.39, 0.29) is 11.9 Å². The van der Waals surface area contributed by atoms with Crippen molar-refractivity contribution in [2.75, 3.05) is 6.61 Å². The van der Waals surface area contributed by atoms with Crippen LogP contribution in [0.2, 0.25) is 0 Å². The molecule has 0 radical (unpaired) electrons. The van der Waals surface area contributed by atoms with Gasteiger partial charge in [0.15, 0.2) is 0 Å². The van der Waals surface area contributed by atoms with E-state index in [0.717, 1.165) is 31.4 Å². The molecule has 1 fully saturated rings.